The summed E-state index contributed by atoms with van der Waals surface area (Å²) in [7, 11) is 0. The Morgan fingerprint density at radius 3 is 2.93 bits per heavy atom. The molecule has 3 aromatic heterocycles. The van der Waals surface area contributed by atoms with E-state index in [-0.39, 0.29) is 24.7 Å². The molecule has 1 saturated heterocycles. The van der Waals surface area contributed by atoms with Crippen molar-refractivity contribution >= 4 is 28.7 Å². The molecule has 5 rings (SSSR count). The highest BCUT2D eigenvalue weighted by Gasteiger charge is 2.33. The van der Waals surface area contributed by atoms with E-state index in [0.717, 1.165) is 17.2 Å². The number of benzene rings is 1. The van der Waals surface area contributed by atoms with E-state index in [1.807, 2.05) is 0 Å². The van der Waals surface area contributed by atoms with Gasteiger partial charge in [0.25, 0.3) is 11.5 Å². The lowest BCUT2D eigenvalue weighted by molar-refractivity contribution is 0.0925. The lowest BCUT2D eigenvalue weighted by atomic mass is 10.1. The first-order valence-corrected chi connectivity index (χ1v) is 9.63. The SMILES string of the molecule is O=C(NC1COCC1n1nc(-n2cccn2)ccc1=O)c1ccc2nsnc2c1. The first kappa shape index (κ1) is 17.6. The summed E-state index contributed by atoms with van der Waals surface area (Å²) in [5.74, 6) is 0.241. The van der Waals surface area contributed by atoms with E-state index in [4.69, 9.17) is 4.74 Å². The zero-order valence-electron chi connectivity index (χ0n) is 15.0. The van der Waals surface area contributed by atoms with Crippen LogP contribution in [0.1, 0.15) is 16.4 Å². The van der Waals surface area contributed by atoms with Gasteiger partial charge in [0.2, 0.25) is 0 Å². The van der Waals surface area contributed by atoms with Crippen LogP contribution in [0.4, 0.5) is 0 Å². The van der Waals surface area contributed by atoms with Crippen molar-refractivity contribution in [1.82, 2.24) is 33.6 Å². The van der Waals surface area contributed by atoms with Gasteiger partial charge in [0.05, 0.1) is 31.0 Å². The zero-order valence-corrected chi connectivity index (χ0v) is 15.8. The largest absolute Gasteiger partial charge is 0.377 e. The molecule has 1 fully saturated rings. The van der Waals surface area contributed by atoms with Crippen LogP contribution in [0.15, 0.2) is 53.6 Å². The quantitative estimate of drug-likeness (QED) is 0.530. The van der Waals surface area contributed by atoms with Crippen LogP contribution in [0.5, 0.6) is 0 Å². The average molecular weight is 409 g/mol. The van der Waals surface area contributed by atoms with Gasteiger partial charge >= 0.3 is 0 Å². The Kier molecular flexibility index (Phi) is 4.37. The summed E-state index contributed by atoms with van der Waals surface area (Å²) in [6, 6.07) is 9.14. The van der Waals surface area contributed by atoms with Gasteiger partial charge in [-0.2, -0.15) is 13.8 Å². The molecule has 4 heterocycles. The lowest BCUT2D eigenvalue weighted by Gasteiger charge is -2.20. The van der Waals surface area contributed by atoms with Gasteiger partial charge in [0.15, 0.2) is 5.82 Å². The molecule has 4 aromatic rings. The lowest BCUT2D eigenvalue weighted by Crippen LogP contribution is -2.44. The fraction of sp³-hybridized carbons (Fsp3) is 0.222. The van der Waals surface area contributed by atoms with Crippen LogP contribution >= 0.6 is 11.7 Å². The number of carbonyl (C=O) groups excluding carboxylic acids is 1. The number of hydrogen-bond donors (Lipinski definition) is 1. The van der Waals surface area contributed by atoms with E-state index in [1.54, 1.807) is 47.4 Å². The van der Waals surface area contributed by atoms with E-state index in [9.17, 15) is 9.59 Å². The molecule has 0 aliphatic carbocycles. The van der Waals surface area contributed by atoms with Crippen molar-refractivity contribution in [2.75, 3.05) is 13.2 Å². The molecule has 10 nitrogen and oxygen atoms in total. The van der Waals surface area contributed by atoms with Crippen molar-refractivity contribution in [3.63, 3.8) is 0 Å². The van der Waals surface area contributed by atoms with Crippen molar-refractivity contribution in [1.29, 1.82) is 0 Å². The van der Waals surface area contributed by atoms with Crippen molar-refractivity contribution in [3.05, 3.63) is 64.7 Å². The Bertz CT molecular complexity index is 1230. The molecule has 29 heavy (non-hydrogen) atoms. The molecule has 0 saturated carbocycles. The first-order chi connectivity index (χ1) is 14.2. The second-order valence-electron chi connectivity index (χ2n) is 6.58. The maximum absolute atomic E-state index is 12.7. The molecule has 146 valence electrons. The molecule has 1 aliphatic rings. The summed E-state index contributed by atoms with van der Waals surface area (Å²) in [4.78, 5) is 25.2. The monoisotopic (exact) mass is 409 g/mol. The van der Waals surface area contributed by atoms with Gasteiger partial charge < -0.3 is 10.1 Å². The number of amides is 1. The summed E-state index contributed by atoms with van der Waals surface area (Å²) in [5, 5.41) is 11.5. The highest BCUT2D eigenvalue weighted by Crippen LogP contribution is 2.19. The van der Waals surface area contributed by atoms with Gasteiger partial charge in [0, 0.05) is 24.0 Å². The zero-order chi connectivity index (χ0) is 19.8. The van der Waals surface area contributed by atoms with E-state index >= 15 is 0 Å². The Balaban J connectivity index is 1.41. The van der Waals surface area contributed by atoms with E-state index < -0.39 is 12.1 Å². The molecule has 1 amide bonds. The Morgan fingerprint density at radius 1 is 1.17 bits per heavy atom. The standard InChI is InChI=1S/C18H15N7O3S/c26-17-5-4-16(24-7-1-6-19-24)21-25(17)15-10-28-9-14(15)20-18(27)11-2-3-12-13(8-11)23-29-22-12/h1-8,14-15H,9-10H2,(H,20,27). The van der Waals surface area contributed by atoms with Crippen LogP contribution in [-0.2, 0) is 4.74 Å². The fourth-order valence-corrected chi connectivity index (χ4v) is 3.79. The molecule has 1 N–H and O–H groups in total. The first-order valence-electron chi connectivity index (χ1n) is 8.90. The predicted octanol–water partition coefficient (Wildman–Crippen LogP) is 0.804. The third kappa shape index (κ3) is 3.30. The molecule has 0 bridgehead atoms. The third-order valence-corrected chi connectivity index (χ3v) is 5.30. The van der Waals surface area contributed by atoms with Gasteiger partial charge in [-0.05, 0) is 30.3 Å². The molecular formula is C18H15N7O3S. The Morgan fingerprint density at radius 2 is 2.07 bits per heavy atom. The summed E-state index contributed by atoms with van der Waals surface area (Å²) in [6.07, 6.45) is 3.37. The molecule has 2 atom stereocenters. The van der Waals surface area contributed by atoms with E-state index in [1.165, 1.54) is 10.7 Å². The number of ether oxygens (including phenoxy) is 1. The number of nitrogens with one attached hydrogen (secondary N) is 1. The van der Waals surface area contributed by atoms with Gasteiger partial charge in [-0.25, -0.2) is 9.36 Å². The van der Waals surface area contributed by atoms with Gasteiger partial charge in [0.1, 0.15) is 17.1 Å². The second kappa shape index (κ2) is 7.18. The van der Waals surface area contributed by atoms with Gasteiger partial charge in [-0.3, -0.25) is 9.59 Å². The van der Waals surface area contributed by atoms with Crippen LogP contribution in [-0.4, -0.2) is 53.5 Å². The van der Waals surface area contributed by atoms with Crippen LogP contribution in [0, 0.1) is 0 Å². The molecule has 1 aliphatic heterocycles. The Hall–Kier alpha value is -3.44. The van der Waals surface area contributed by atoms with Crippen LogP contribution in [0.25, 0.3) is 16.9 Å². The van der Waals surface area contributed by atoms with Crippen molar-refractivity contribution in [2.45, 2.75) is 12.1 Å². The minimum Gasteiger partial charge on any atom is -0.377 e. The number of rotatable bonds is 4. The van der Waals surface area contributed by atoms with Crippen LogP contribution < -0.4 is 10.9 Å². The van der Waals surface area contributed by atoms with Crippen LogP contribution in [0.2, 0.25) is 0 Å². The molecule has 0 spiro atoms. The maximum atomic E-state index is 12.7. The average Bonchev–Trinajstić information content (AvgIpc) is 3.49. The van der Waals surface area contributed by atoms with Gasteiger partial charge in [-0.1, -0.05) is 0 Å². The second-order valence-corrected chi connectivity index (χ2v) is 7.11. The third-order valence-electron chi connectivity index (χ3n) is 4.75. The summed E-state index contributed by atoms with van der Waals surface area (Å²) >= 11 is 1.10. The molecular weight excluding hydrogens is 394 g/mol. The van der Waals surface area contributed by atoms with E-state index in [0.29, 0.717) is 16.9 Å². The number of fused-ring (bicyclic) bond motifs is 1. The number of carbonyl (C=O) groups is 1. The smallest absolute Gasteiger partial charge is 0.267 e. The molecule has 2 unspecified atom stereocenters. The number of aromatic nitrogens is 6. The van der Waals surface area contributed by atoms with Crippen molar-refractivity contribution < 1.29 is 9.53 Å². The number of nitrogens with zero attached hydrogens (tertiary/aromatic N) is 6. The minimum atomic E-state index is -0.424. The summed E-state index contributed by atoms with van der Waals surface area (Å²) < 4.78 is 16.8. The maximum Gasteiger partial charge on any atom is 0.267 e. The highest BCUT2D eigenvalue weighted by molar-refractivity contribution is 7.00. The molecule has 11 heteroatoms. The summed E-state index contributed by atoms with van der Waals surface area (Å²) in [5.41, 5.74) is 1.62. The summed E-state index contributed by atoms with van der Waals surface area (Å²) in [6.45, 7) is 0.562. The topological polar surface area (TPSA) is 117 Å². The number of hydrogen-bond acceptors (Lipinski definition) is 8. The van der Waals surface area contributed by atoms with Crippen molar-refractivity contribution in [3.8, 4) is 5.82 Å². The minimum absolute atomic E-state index is 0.267. The normalized spacial score (nSPS) is 18.9. The highest BCUT2D eigenvalue weighted by atomic mass is 32.1. The fourth-order valence-electron chi connectivity index (χ4n) is 3.28. The van der Waals surface area contributed by atoms with Crippen LogP contribution in [0.3, 0.4) is 0 Å². The predicted molar refractivity (Wildman–Crippen MR) is 104 cm³/mol. The molecule has 0 radical (unpaired) electrons. The molecule has 1 aromatic carbocycles. The Labute approximate surface area is 168 Å². The van der Waals surface area contributed by atoms with E-state index in [2.05, 4.69) is 24.3 Å². The van der Waals surface area contributed by atoms with Gasteiger partial charge in [-0.15, -0.1) is 5.10 Å². The van der Waals surface area contributed by atoms with Crippen molar-refractivity contribution in [2.24, 2.45) is 0 Å².